The summed E-state index contributed by atoms with van der Waals surface area (Å²) in [5.74, 6) is -0.747. The first-order valence-corrected chi connectivity index (χ1v) is 7.55. The fourth-order valence-electron chi connectivity index (χ4n) is 2.31. The van der Waals surface area contributed by atoms with E-state index in [-0.39, 0.29) is 12.3 Å². The van der Waals surface area contributed by atoms with Gasteiger partial charge in [0, 0.05) is 26.0 Å². The lowest BCUT2D eigenvalue weighted by molar-refractivity contribution is -0.128. The number of nitrogens with zero attached hydrogens (tertiary/aromatic N) is 1. The Kier molecular flexibility index (Phi) is 6.24. The Balaban J connectivity index is 2.02. The third-order valence-corrected chi connectivity index (χ3v) is 3.40. The summed E-state index contributed by atoms with van der Waals surface area (Å²) in [5, 5.41) is 5.21. The largest absolute Gasteiger partial charge is 0.351 e. The van der Waals surface area contributed by atoms with Crippen LogP contribution in [0, 0.1) is 0 Å². The van der Waals surface area contributed by atoms with E-state index in [4.69, 9.17) is 0 Å². The summed E-state index contributed by atoms with van der Waals surface area (Å²) >= 11 is 0. The molecule has 24 heavy (non-hydrogen) atoms. The predicted octanol–water partition coefficient (Wildman–Crippen LogP) is 0.294. The smallest absolute Gasteiger partial charge is 0.243 e. The first-order valence-electron chi connectivity index (χ1n) is 7.55. The molecule has 0 saturated carbocycles. The van der Waals surface area contributed by atoms with E-state index in [9.17, 15) is 14.4 Å². The minimum Gasteiger partial charge on any atom is -0.351 e. The number of rotatable bonds is 8. The molecule has 0 saturated heterocycles. The van der Waals surface area contributed by atoms with E-state index in [2.05, 4.69) is 20.6 Å². The number of aromatic nitrogens is 2. The molecule has 1 radical (unpaired) electrons. The van der Waals surface area contributed by atoms with E-state index in [1.807, 2.05) is 30.3 Å². The molecule has 1 aromatic heterocycles. The summed E-state index contributed by atoms with van der Waals surface area (Å²) < 4.78 is 0. The molecule has 2 rings (SSSR count). The SMILES string of the molecule is CC(=O)N[C@@H](Cc1ccccc1)C(=O)N[C@H]([C]=O)Cc1c[nH]cn1. The Labute approximate surface area is 139 Å². The average Bonchev–Trinajstić information content (AvgIpc) is 3.07. The molecular formula is C17H19N4O3. The van der Waals surface area contributed by atoms with E-state index in [1.165, 1.54) is 13.3 Å². The maximum Gasteiger partial charge on any atom is 0.243 e. The van der Waals surface area contributed by atoms with Gasteiger partial charge in [0.1, 0.15) is 12.1 Å². The van der Waals surface area contributed by atoms with Crippen molar-refractivity contribution in [2.75, 3.05) is 0 Å². The van der Waals surface area contributed by atoms with Crippen molar-refractivity contribution in [3.05, 3.63) is 54.1 Å². The van der Waals surface area contributed by atoms with Crippen LogP contribution in [0.25, 0.3) is 0 Å². The highest BCUT2D eigenvalue weighted by molar-refractivity contribution is 5.88. The second-order valence-electron chi connectivity index (χ2n) is 5.39. The second kappa shape index (κ2) is 8.61. The summed E-state index contributed by atoms with van der Waals surface area (Å²) in [4.78, 5) is 41.7. The molecule has 0 bridgehead atoms. The van der Waals surface area contributed by atoms with Crippen LogP contribution in [0.2, 0.25) is 0 Å². The third kappa shape index (κ3) is 5.35. The lowest BCUT2D eigenvalue weighted by atomic mass is 10.0. The Morgan fingerprint density at radius 2 is 1.96 bits per heavy atom. The van der Waals surface area contributed by atoms with Gasteiger partial charge in [-0.15, -0.1) is 0 Å². The molecule has 0 unspecified atom stereocenters. The quantitative estimate of drug-likeness (QED) is 0.648. The maximum absolute atomic E-state index is 12.4. The van der Waals surface area contributed by atoms with E-state index in [0.29, 0.717) is 12.1 Å². The standard InChI is InChI=1S/C17H19N4O3/c1-12(23)20-16(7-13-5-3-2-4-6-13)17(24)21-15(10-22)8-14-9-18-11-19-14/h2-6,9,11,15-16H,7-8H2,1H3,(H,18,19)(H,20,23)(H,21,24)/t15-,16-/m0/s1. The number of carbonyl (C=O) groups excluding carboxylic acids is 3. The van der Waals surface area contributed by atoms with E-state index >= 15 is 0 Å². The highest BCUT2D eigenvalue weighted by atomic mass is 16.2. The molecule has 0 spiro atoms. The minimum atomic E-state index is -0.826. The number of carbonyl (C=O) groups is 2. The molecule has 7 nitrogen and oxygen atoms in total. The number of imidazole rings is 1. The van der Waals surface area contributed by atoms with Crippen molar-refractivity contribution in [1.82, 2.24) is 20.6 Å². The van der Waals surface area contributed by atoms with Crippen molar-refractivity contribution in [2.24, 2.45) is 0 Å². The first-order chi connectivity index (χ1) is 11.6. The van der Waals surface area contributed by atoms with Crippen molar-refractivity contribution in [3.63, 3.8) is 0 Å². The summed E-state index contributed by atoms with van der Waals surface area (Å²) in [7, 11) is 0. The first kappa shape index (κ1) is 17.4. The minimum absolute atomic E-state index is 0.233. The number of benzene rings is 1. The molecule has 0 fully saturated rings. The molecule has 1 aromatic carbocycles. The molecule has 0 aliphatic carbocycles. The Morgan fingerprint density at radius 1 is 1.21 bits per heavy atom. The highest BCUT2D eigenvalue weighted by Gasteiger charge is 2.23. The molecule has 2 atom stereocenters. The topological polar surface area (TPSA) is 104 Å². The van der Waals surface area contributed by atoms with Crippen LogP contribution in [0.3, 0.4) is 0 Å². The second-order valence-corrected chi connectivity index (χ2v) is 5.39. The van der Waals surface area contributed by atoms with Gasteiger partial charge in [0.2, 0.25) is 18.1 Å². The van der Waals surface area contributed by atoms with Gasteiger partial charge in [0.15, 0.2) is 0 Å². The molecule has 7 heteroatoms. The van der Waals surface area contributed by atoms with Gasteiger partial charge in [-0.1, -0.05) is 30.3 Å². The van der Waals surface area contributed by atoms with Crippen LogP contribution >= 0.6 is 0 Å². The van der Waals surface area contributed by atoms with Gasteiger partial charge in [-0.25, -0.2) is 4.98 Å². The lowest BCUT2D eigenvalue weighted by Gasteiger charge is -2.20. The molecule has 0 aliphatic rings. The van der Waals surface area contributed by atoms with Gasteiger partial charge in [-0.2, -0.15) is 0 Å². The number of H-pyrrole nitrogens is 1. The van der Waals surface area contributed by atoms with Crippen molar-refractivity contribution < 1.29 is 14.4 Å². The van der Waals surface area contributed by atoms with Gasteiger partial charge < -0.3 is 15.6 Å². The van der Waals surface area contributed by atoms with Gasteiger partial charge in [0.25, 0.3) is 0 Å². The van der Waals surface area contributed by atoms with Crippen molar-refractivity contribution >= 4 is 18.1 Å². The molecular weight excluding hydrogens is 308 g/mol. The van der Waals surface area contributed by atoms with Crippen molar-refractivity contribution in [3.8, 4) is 0 Å². The molecule has 2 amide bonds. The average molecular weight is 327 g/mol. The van der Waals surface area contributed by atoms with Crippen LogP contribution in [0.15, 0.2) is 42.9 Å². The maximum atomic E-state index is 12.4. The van der Waals surface area contributed by atoms with Crippen LogP contribution in [-0.4, -0.2) is 40.2 Å². The molecule has 1 heterocycles. The zero-order chi connectivity index (χ0) is 17.4. The molecule has 125 valence electrons. The number of hydrogen-bond acceptors (Lipinski definition) is 4. The highest BCUT2D eigenvalue weighted by Crippen LogP contribution is 2.05. The van der Waals surface area contributed by atoms with Gasteiger partial charge in [-0.05, 0) is 5.56 Å². The molecule has 2 aromatic rings. The van der Waals surface area contributed by atoms with Gasteiger partial charge >= 0.3 is 0 Å². The summed E-state index contributed by atoms with van der Waals surface area (Å²) in [6.07, 6.45) is 5.50. The Hall–Kier alpha value is -2.96. The summed E-state index contributed by atoms with van der Waals surface area (Å²) in [6.45, 7) is 1.35. The number of nitrogens with one attached hydrogen (secondary N) is 3. The Morgan fingerprint density at radius 3 is 2.54 bits per heavy atom. The van der Waals surface area contributed by atoms with Crippen LogP contribution in [-0.2, 0) is 27.2 Å². The van der Waals surface area contributed by atoms with Crippen LogP contribution < -0.4 is 10.6 Å². The number of amides is 2. The zero-order valence-electron chi connectivity index (χ0n) is 13.3. The third-order valence-electron chi connectivity index (χ3n) is 3.40. The van der Waals surface area contributed by atoms with Crippen LogP contribution in [0.1, 0.15) is 18.2 Å². The van der Waals surface area contributed by atoms with E-state index < -0.39 is 18.0 Å². The fourth-order valence-corrected chi connectivity index (χ4v) is 2.31. The fraction of sp³-hybridized carbons (Fsp3) is 0.294. The molecule has 3 N–H and O–H groups in total. The Bertz CT molecular complexity index is 670. The van der Waals surface area contributed by atoms with Crippen molar-refractivity contribution in [2.45, 2.75) is 31.8 Å². The summed E-state index contributed by atoms with van der Waals surface area (Å²) in [6, 6.07) is 7.74. The lowest BCUT2D eigenvalue weighted by Crippen LogP contribution is -2.51. The number of hydrogen-bond donors (Lipinski definition) is 3. The zero-order valence-corrected chi connectivity index (χ0v) is 13.3. The predicted molar refractivity (Wildman–Crippen MR) is 87.7 cm³/mol. The van der Waals surface area contributed by atoms with Gasteiger partial charge in [-0.3, -0.25) is 14.4 Å². The van der Waals surface area contributed by atoms with Crippen LogP contribution in [0.5, 0.6) is 0 Å². The normalized spacial score (nSPS) is 12.9. The van der Waals surface area contributed by atoms with Crippen molar-refractivity contribution in [1.29, 1.82) is 0 Å². The van der Waals surface area contributed by atoms with Gasteiger partial charge in [0.05, 0.1) is 12.0 Å². The molecule has 0 aliphatic heterocycles. The summed E-state index contributed by atoms with van der Waals surface area (Å²) in [5.41, 5.74) is 1.55. The van der Waals surface area contributed by atoms with Crippen LogP contribution in [0.4, 0.5) is 0 Å². The monoisotopic (exact) mass is 327 g/mol. The van der Waals surface area contributed by atoms with E-state index in [1.54, 1.807) is 12.5 Å². The number of aromatic amines is 1. The van der Waals surface area contributed by atoms with E-state index in [0.717, 1.165) is 5.56 Å².